The molecule has 4 nitrogen and oxygen atoms in total. The molecule has 3 N–H and O–H groups in total. The van der Waals surface area contributed by atoms with Crippen LogP contribution in [-0.4, -0.2) is 30.5 Å². The second-order valence-electron chi connectivity index (χ2n) is 6.92. The van der Waals surface area contributed by atoms with Gasteiger partial charge in [-0.2, -0.15) is 0 Å². The molecule has 0 spiro atoms. The van der Waals surface area contributed by atoms with Crippen molar-refractivity contribution in [1.29, 1.82) is 0 Å². The Labute approximate surface area is 135 Å². The molecule has 22 heavy (non-hydrogen) atoms. The molecule has 0 saturated carbocycles. The van der Waals surface area contributed by atoms with E-state index in [1.54, 1.807) is 0 Å². The number of benzene rings is 1. The quantitative estimate of drug-likeness (QED) is 0.779. The van der Waals surface area contributed by atoms with Crippen molar-refractivity contribution in [2.45, 2.75) is 71.9 Å². The Balaban J connectivity index is 0.000000847. The molecule has 0 radical (unpaired) electrons. The van der Waals surface area contributed by atoms with Crippen molar-refractivity contribution in [2.24, 2.45) is 0 Å². The van der Waals surface area contributed by atoms with Crippen LogP contribution in [0.25, 0.3) is 0 Å². The van der Waals surface area contributed by atoms with Crippen LogP contribution in [0.4, 0.5) is 11.4 Å². The monoisotopic (exact) mass is 305 g/mol. The first-order valence-electron chi connectivity index (χ1n) is 8.46. The first-order chi connectivity index (χ1) is 10.4. The minimum absolute atomic E-state index is 0.0716. The van der Waals surface area contributed by atoms with Crippen molar-refractivity contribution in [3.8, 4) is 0 Å². The number of hydrogen-bond acceptors (Lipinski definition) is 4. The Hall–Kier alpha value is -1.26. The zero-order chi connectivity index (χ0) is 16.3. The summed E-state index contributed by atoms with van der Waals surface area (Å²) in [7, 11) is 0. The number of ether oxygens (including phenoxy) is 1. The molecule has 2 aliphatic rings. The van der Waals surface area contributed by atoms with Crippen molar-refractivity contribution >= 4 is 11.4 Å². The van der Waals surface area contributed by atoms with Crippen molar-refractivity contribution < 1.29 is 4.74 Å². The lowest BCUT2D eigenvalue weighted by Gasteiger charge is -2.25. The van der Waals surface area contributed by atoms with Gasteiger partial charge >= 0.3 is 0 Å². The summed E-state index contributed by atoms with van der Waals surface area (Å²) in [6.07, 6.45) is 1.59. The second-order valence-corrected chi connectivity index (χ2v) is 6.92. The van der Waals surface area contributed by atoms with E-state index < -0.39 is 0 Å². The molecule has 2 heterocycles. The third-order valence-electron chi connectivity index (χ3n) is 3.84. The van der Waals surface area contributed by atoms with Crippen LogP contribution in [0.1, 0.15) is 46.6 Å². The topological polar surface area (TPSA) is 45.3 Å². The molecule has 0 amide bonds. The lowest BCUT2D eigenvalue weighted by molar-refractivity contribution is -0.0510. The van der Waals surface area contributed by atoms with Crippen LogP contribution < -0.4 is 16.0 Å². The maximum Gasteiger partial charge on any atom is 0.112 e. The van der Waals surface area contributed by atoms with E-state index in [1.807, 2.05) is 13.8 Å². The fourth-order valence-electron chi connectivity index (χ4n) is 3.05. The van der Waals surface area contributed by atoms with Gasteiger partial charge in [0.2, 0.25) is 0 Å². The van der Waals surface area contributed by atoms with E-state index in [0.29, 0.717) is 12.1 Å². The van der Waals surface area contributed by atoms with Crippen LogP contribution >= 0.6 is 0 Å². The van der Waals surface area contributed by atoms with Gasteiger partial charge in [-0.1, -0.05) is 19.9 Å². The first-order valence-corrected chi connectivity index (χ1v) is 8.46. The molecule has 1 aromatic rings. The van der Waals surface area contributed by atoms with Gasteiger partial charge in [0.15, 0.2) is 0 Å². The number of rotatable bonds is 2. The van der Waals surface area contributed by atoms with Crippen LogP contribution in [0.2, 0.25) is 0 Å². The summed E-state index contributed by atoms with van der Waals surface area (Å²) in [4.78, 5) is 0. The van der Waals surface area contributed by atoms with Crippen LogP contribution in [0.3, 0.4) is 0 Å². The molecule has 3 unspecified atom stereocenters. The summed E-state index contributed by atoms with van der Waals surface area (Å²) in [5.74, 6) is 0. The summed E-state index contributed by atoms with van der Waals surface area (Å²) >= 11 is 0. The third-order valence-corrected chi connectivity index (χ3v) is 3.84. The highest BCUT2D eigenvalue weighted by Gasteiger charge is 2.35. The van der Waals surface area contributed by atoms with Gasteiger partial charge in [0.25, 0.3) is 0 Å². The van der Waals surface area contributed by atoms with E-state index >= 15 is 0 Å². The van der Waals surface area contributed by atoms with Gasteiger partial charge < -0.3 is 20.7 Å². The molecule has 1 fully saturated rings. The van der Waals surface area contributed by atoms with E-state index in [0.717, 1.165) is 13.0 Å². The van der Waals surface area contributed by atoms with Gasteiger partial charge in [-0.05, 0) is 51.8 Å². The first kappa shape index (κ1) is 17.1. The van der Waals surface area contributed by atoms with Gasteiger partial charge in [-0.25, -0.2) is 0 Å². The van der Waals surface area contributed by atoms with E-state index in [9.17, 15) is 0 Å². The van der Waals surface area contributed by atoms with Gasteiger partial charge in [-0.15, -0.1) is 0 Å². The molecular weight excluding hydrogens is 274 g/mol. The lowest BCUT2D eigenvalue weighted by Crippen LogP contribution is -2.42. The van der Waals surface area contributed by atoms with Gasteiger partial charge in [0.1, 0.15) is 6.17 Å². The van der Waals surface area contributed by atoms with Crippen molar-refractivity contribution in [3.63, 3.8) is 0 Å². The minimum Gasteiger partial charge on any atom is -0.371 e. The standard InChI is InChI=1S/C16H25N3O.C2H6/c1-10-5-6-12-13(7-10)19-15(18-12)14-8-11(9-17-14)20-16(2,3)4;1-2/h5-7,11,14-15,17-19H,8-9H2,1-4H3;1-2H3. The maximum atomic E-state index is 6.07. The Kier molecular flexibility index (Phi) is 5.35. The highest BCUT2D eigenvalue weighted by atomic mass is 16.5. The normalized spacial score (nSPS) is 26.5. The Morgan fingerprint density at radius 3 is 2.45 bits per heavy atom. The Morgan fingerprint density at radius 1 is 1.09 bits per heavy atom. The molecule has 2 aliphatic heterocycles. The zero-order valence-corrected chi connectivity index (χ0v) is 14.8. The van der Waals surface area contributed by atoms with Crippen LogP contribution in [0, 0.1) is 6.92 Å². The van der Waals surface area contributed by atoms with E-state index in [4.69, 9.17) is 4.74 Å². The van der Waals surface area contributed by atoms with Crippen molar-refractivity contribution in [1.82, 2.24) is 5.32 Å². The fraction of sp³-hybridized carbons (Fsp3) is 0.667. The number of fused-ring (bicyclic) bond motifs is 1. The molecule has 1 saturated heterocycles. The average Bonchev–Trinajstić information content (AvgIpc) is 3.05. The van der Waals surface area contributed by atoms with Gasteiger partial charge in [0.05, 0.1) is 23.1 Å². The molecular formula is C18H31N3O. The molecule has 124 valence electrons. The molecule has 4 heteroatoms. The third kappa shape index (κ3) is 4.14. The Bertz CT molecular complexity index is 496. The molecule has 3 atom stereocenters. The van der Waals surface area contributed by atoms with Gasteiger partial charge in [0, 0.05) is 12.6 Å². The number of aryl methyl sites for hydroxylation is 1. The molecule has 0 aromatic heterocycles. The molecule has 0 bridgehead atoms. The van der Waals surface area contributed by atoms with Crippen LogP contribution in [-0.2, 0) is 4.74 Å². The number of hydrogen-bond donors (Lipinski definition) is 3. The molecule has 1 aromatic carbocycles. The second kappa shape index (κ2) is 6.88. The summed E-state index contributed by atoms with van der Waals surface area (Å²) in [6.45, 7) is 13.4. The number of anilines is 2. The Morgan fingerprint density at radius 2 is 1.77 bits per heavy atom. The van der Waals surface area contributed by atoms with Crippen molar-refractivity contribution in [2.75, 3.05) is 17.2 Å². The lowest BCUT2D eigenvalue weighted by atomic mass is 10.1. The van der Waals surface area contributed by atoms with Crippen LogP contribution in [0.5, 0.6) is 0 Å². The van der Waals surface area contributed by atoms with Crippen molar-refractivity contribution in [3.05, 3.63) is 23.8 Å². The number of nitrogens with one attached hydrogen (secondary N) is 3. The average molecular weight is 305 g/mol. The summed E-state index contributed by atoms with van der Waals surface area (Å²) in [6, 6.07) is 6.88. The predicted octanol–water partition coefficient (Wildman–Crippen LogP) is 3.73. The maximum absolute atomic E-state index is 6.07. The SMILES string of the molecule is CC.Cc1ccc2c(c1)NC(C1CC(OC(C)(C)C)CN1)N2. The van der Waals surface area contributed by atoms with Gasteiger partial charge in [-0.3, -0.25) is 0 Å². The van der Waals surface area contributed by atoms with Crippen LogP contribution in [0.15, 0.2) is 18.2 Å². The highest BCUT2D eigenvalue weighted by molar-refractivity contribution is 5.75. The zero-order valence-electron chi connectivity index (χ0n) is 14.8. The molecule has 3 rings (SSSR count). The highest BCUT2D eigenvalue weighted by Crippen LogP contribution is 2.32. The van der Waals surface area contributed by atoms with E-state index in [2.05, 4.69) is 61.8 Å². The smallest absolute Gasteiger partial charge is 0.112 e. The summed E-state index contributed by atoms with van der Waals surface area (Å²) in [5, 5.41) is 10.7. The summed E-state index contributed by atoms with van der Waals surface area (Å²) < 4.78 is 6.07. The minimum atomic E-state index is -0.0716. The molecule has 0 aliphatic carbocycles. The van der Waals surface area contributed by atoms with E-state index in [-0.39, 0.29) is 11.8 Å². The largest absolute Gasteiger partial charge is 0.371 e. The summed E-state index contributed by atoms with van der Waals surface area (Å²) in [5.41, 5.74) is 3.62. The van der Waals surface area contributed by atoms with E-state index in [1.165, 1.54) is 16.9 Å². The predicted molar refractivity (Wildman–Crippen MR) is 94.6 cm³/mol. The fourth-order valence-corrected chi connectivity index (χ4v) is 3.05.